The van der Waals surface area contributed by atoms with Crippen molar-refractivity contribution in [2.45, 2.75) is 109 Å². The van der Waals surface area contributed by atoms with Crippen molar-refractivity contribution < 1.29 is 24.2 Å². The molecule has 3 amide bonds. The van der Waals surface area contributed by atoms with E-state index in [1.165, 1.54) is 4.90 Å². The van der Waals surface area contributed by atoms with Crippen molar-refractivity contribution in [2.24, 2.45) is 17.3 Å². The Labute approximate surface area is 198 Å². The maximum absolute atomic E-state index is 13.9. The molecule has 2 unspecified atom stereocenters. The molecular weight excluding hydrogens is 422 g/mol. The molecule has 3 fully saturated rings. The highest BCUT2D eigenvalue weighted by atomic mass is 16.5. The molecule has 3 saturated heterocycles. The lowest BCUT2D eigenvalue weighted by atomic mass is 9.65. The summed E-state index contributed by atoms with van der Waals surface area (Å²) in [4.78, 5) is 42.4. The summed E-state index contributed by atoms with van der Waals surface area (Å²) in [5, 5.41) is 16.0. The molecule has 2 bridgehead atoms. The zero-order chi connectivity index (χ0) is 25.0. The number of hydrogen-bond acceptors (Lipinski definition) is 5. The summed E-state index contributed by atoms with van der Waals surface area (Å²) in [5.41, 5.74) is -2.31. The Hall–Kier alpha value is -1.67. The highest BCUT2D eigenvalue weighted by Crippen LogP contribution is 2.64. The normalized spacial score (nSPS) is 34.4. The van der Waals surface area contributed by atoms with Crippen LogP contribution in [0.1, 0.15) is 80.6 Å². The van der Waals surface area contributed by atoms with Gasteiger partial charge in [0.1, 0.15) is 11.6 Å². The molecular formula is C25H43N3O5. The van der Waals surface area contributed by atoms with Crippen LogP contribution in [-0.2, 0) is 19.1 Å². The lowest BCUT2D eigenvalue weighted by Crippen LogP contribution is -2.61. The van der Waals surface area contributed by atoms with E-state index < -0.39 is 40.7 Å². The van der Waals surface area contributed by atoms with Crippen LogP contribution in [0.2, 0.25) is 0 Å². The second-order valence-electron chi connectivity index (χ2n) is 12.0. The Morgan fingerprint density at radius 3 is 2.30 bits per heavy atom. The number of carbonyl (C=O) groups is 3. The molecule has 3 heterocycles. The van der Waals surface area contributed by atoms with Gasteiger partial charge < -0.3 is 25.4 Å². The zero-order valence-corrected chi connectivity index (χ0v) is 21.6. The monoisotopic (exact) mass is 465 g/mol. The molecule has 3 N–H and O–H groups in total. The fourth-order valence-electron chi connectivity index (χ4n) is 7.09. The van der Waals surface area contributed by atoms with E-state index in [1.807, 2.05) is 27.7 Å². The van der Waals surface area contributed by atoms with Gasteiger partial charge in [-0.2, -0.15) is 0 Å². The Morgan fingerprint density at radius 2 is 1.82 bits per heavy atom. The maximum Gasteiger partial charge on any atom is 0.246 e. The van der Waals surface area contributed by atoms with E-state index in [4.69, 9.17) is 4.74 Å². The molecule has 0 radical (unpaired) electrons. The summed E-state index contributed by atoms with van der Waals surface area (Å²) in [5.74, 6) is -2.12. The minimum atomic E-state index is -1.06. The molecule has 0 aliphatic carbocycles. The second-order valence-corrected chi connectivity index (χ2v) is 12.0. The summed E-state index contributed by atoms with van der Waals surface area (Å²) in [6.07, 6.45) is 3.02. The Bertz CT molecular complexity index is 802. The first kappa shape index (κ1) is 25.9. The fraction of sp³-hybridized carbons (Fsp3) is 0.880. The summed E-state index contributed by atoms with van der Waals surface area (Å²) >= 11 is 0. The van der Waals surface area contributed by atoms with Crippen molar-refractivity contribution in [3.05, 3.63) is 0 Å². The van der Waals surface area contributed by atoms with E-state index in [-0.39, 0.29) is 29.7 Å². The number of nitrogens with zero attached hydrogens (tertiary/aromatic N) is 1. The van der Waals surface area contributed by atoms with Crippen molar-refractivity contribution in [3.63, 3.8) is 0 Å². The van der Waals surface area contributed by atoms with Crippen LogP contribution in [0.15, 0.2) is 0 Å². The highest BCUT2D eigenvalue weighted by molar-refractivity contribution is 5.99. The number of carbonyl (C=O) groups excluding carboxylic acids is 3. The third kappa shape index (κ3) is 4.07. The summed E-state index contributed by atoms with van der Waals surface area (Å²) in [7, 11) is 1.57. The van der Waals surface area contributed by atoms with Crippen molar-refractivity contribution >= 4 is 17.7 Å². The summed E-state index contributed by atoms with van der Waals surface area (Å²) < 4.78 is 6.68. The number of likely N-dealkylation sites (tertiary alicyclic amines) is 1. The Kier molecular flexibility index (Phi) is 6.70. The van der Waals surface area contributed by atoms with Gasteiger partial charge in [0.25, 0.3) is 0 Å². The maximum atomic E-state index is 13.9. The fourth-order valence-corrected chi connectivity index (χ4v) is 7.09. The van der Waals surface area contributed by atoms with Crippen molar-refractivity contribution in [1.29, 1.82) is 0 Å². The smallest absolute Gasteiger partial charge is 0.246 e. The van der Waals surface area contributed by atoms with Gasteiger partial charge in [0.15, 0.2) is 0 Å². The highest BCUT2D eigenvalue weighted by Gasteiger charge is 2.79. The van der Waals surface area contributed by atoms with Crippen LogP contribution in [0, 0.1) is 17.3 Å². The Morgan fingerprint density at radius 1 is 1.18 bits per heavy atom. The van der Waals surface area contributed by atoms with Crippen LogP contribution >= 0.6 is 0 Å². The predicted octanol–water partition coefficient (Wildman–Crippen LogP) is 1.99. The second kappa shape index (κ2) is 8.52. The van der Waals surface area contributed by atoms with Gasteiger partial charge in [0.2, 0.25) is 17.7 Å². The molecule has 0 aromatic rings. The summed E-state index contributed by atoms with van der Waals surface area (Å²) in [6, 6.07) is -1.39. The van der Waals surface area contributed by atoms with E-state index in [2.05, 4.69) is 31.4 Å². The van der Waals surface area contributed by atoms with Crippen LogP contribution in [-0.4, -0.2) is 70.2 Å². The third-order valence-electron chi connectivity index (χ3n) is 7.91. The van der Waals surface area contributed by atoms with Crippen molar-refractivity contribution in [3.8, 4) is 0 Å². The predicted molar refractivity (Wildman–Crippen MR) is 125 cm³/mol. The number of fused-ring (bicyclic) bond motifs is 1. The van der Waals surface area contributed by atoms with Gasteiger partial charge in [-0.05, 0) is 51.4 Å². The van der Waals surface area contributed by atoms with Crippen LogP contribution in [0.3, 0.4) is 0 Å². The van der Waals surface area contributed by atoms with Crippen LogP contribution in [0.5, 0.6) is 0 Å². The molecule has 0 aromatic carbocycles. The van der Waals surface area contributed by atoms with E-state index in [0.29, 0.717) is 25.7 Å². The molecule has 8 heteroatoms. The minimum Gasteiger partial charge on any atom is -0.394 e. The van der Waals surface area contributed by atoms with Gasteiger partial charge in [-0.1, -0.05) is 34.6 Å². The number of ether oxygens (including phenoxy) is 1. The zero-order valence-electron chi connectivity index (χ0n) is 21.6. The SMILES string of the molecule is CC[C@@H](CO)N1C(=O)[C@@H]2[C@@H](C(=O)NC)[C@@]3(CC)CCC2(O3)C1C(=O)NC(C)(C)CC(C)(C)C. The van der Waals surface area contributed by atoms with Gasteiger partial charge >= 0.3 is 0 Å². The van der Waals surface area contributed by atoms with E-state index in [9.17, 15) is 19.5 Å². The number of amides is 3. The number of nitrogens with one attached hydrogen (secondary N) is 2. The number of rotatable bonds is 8. The molecule has 3 rings (SSSR count). The van der Waals surface area contributed by atoms with Gasteiger partial charge in [-0.15, -0.1) is 0 Å². The average molecular weight is 466 g/mol. The minimum absolute atomic E-state index is 0.00126. The average Bonchev–Trinajstić information content (AvgIpc) is 3.30. The molecule has 0 saturated carbocycles. The first-order chi connectivity index (χ1) is 15.2. The molecule has 3 aliphatic rings. The molecule has 0 aromatic heterocycles. The molecule has 6 atom stereocenters. The molecule has 8 nitrogen and oxygen atoms in total. The lowest BCUT2D eigenvalue weighted by Gasteiger charge is -2.40. The van der Waals surface area contributed by atoms with E-state index in [0.717, 1.165) is 6.42 Å². The van der Waals surface area contributed by atoms with Crippen LogP contribution in [0.25, 0.3) is 0 Å². The molecule has 1 spiro atoms. The standard InChI is InChI=1S/C25H43N3O5/c1-9-15(13-29)28-18(20(31)27-23(6,7)14-22(3,4)5)25-12-11-24(10-2,33-25)16(19(30)26-8)17(25)21(28)32/h15-18,29H,9-14H2,1-8H3,(H,26,30)(H,27,31)/t15-,16-,17-,18?,24+,25?/m0/s1. The number of hydrogen-bond donors (Lipinski definition) is 3. The summed E-state index contributed by atoms with van der Waals surface area (Å²) in [6.45, 7) is 14.0. The molecule has 33 heavy (non-hydrogen) atoms. The number of aliphatic hydroxyl groups is 1. The van der Waals surface area contributed by atoms with Crippen LogP contribution in [0.4, 0.5) is 0 Å². The van der Waals surface area contributed by atoms with Crippen molar-refractivity contribution in [1.82, 2.24) is 15.5 Å². The molecule has 188 valence electrons. The third-order valence-corrected chi connectivity index (χ3v) is 7.91. The van der Waals surface area contributed by atoms with E-state index in [1.54, 1.807) is 7.05 Å². The molecule has 3 aliphatic heterocycles. The first-order valence-corrected chi connectivity index (χ1v) is 12.4. The largest absolute Gasteiger partial charge is 0.394 e. The van der Waals surface area contributed by atoms with Gasteiger partial charge in [-0.25, -0.2) is 0 Å². The number of aliphatic hydroxyl groups excluding tert-OH is 1. The lowest BCUT2D eigenvalue weighted by molar-refractivity contribution is -0.151. The van der Waals surface area contributed by atoms with Crippen LogP contribution < -0.4 is 10.6 Å². The topological polar surface area (TPSA) is 108 Å². The van der Waals surface area contributed by atoms with Crippen molar-refractivity contribution in [2.75, 3.05) is 13.7 Å². The quantitative estimate of drug-likeness (QED) is 0.508. The van der Waals surface area contributed by atoms with Gasteiger partial charge in [0, 0.05) is 12.6 Å². The Balaban J connectivity index is 2.08. The first-order valence-electron chi connectivity index (χ1n) is 12.4. The van der Waals surface area contributed by atoms with Gasteiger partial charge in [-0.3, -0.25) is 14.4 Å². The van der Waals surface area contributed by atoms with Gasteiger partial charge in [0.05, 0.1) is 30.1 Å². The van der Waals surface area contributed by atoms with E-state index >= 15 is 0 Å².